The first-order valence-corrected chi connectivity index (χ1v) is 5.37. The lowest BCUT2D eigenvalue weighted by Gasteiger charge is -1.95. The van der Waals surface area contributed by atoms with Gasteiger partial charge in [0.15, 0.2) is 0 Å². The van der Waals surface area contributed by atoms with E-state index in [4.69, 9.17) is 32.7 Å². The van der Waals surface area contributed by atoms with E-state index in [1.807, 2.05) is 15.5 Å². The predicted molar refractivity (Wildman–Crippen MR) is 58.4 cm³/mol. The van der Waals surface area contributed by atoms with Crippen LogP contribution in [0.5, 0.6) is 0 Å². The van der Waals surface area contributed by atoms with E-state index in [2.05, 4.69) is 0 Å². The summed E-state index contributed by atoms with van der Waals surface area (Å²) in [6.07, 6.45) is 1.86. The summed E-state index contributed by atoms with van der Waals surface area (Å²) in [7, 11) is 3.30. The number of ether oxygens (including phenoxy) is 2. The molecule has 0 fully saturated rings. The van der Waals surface area contributed by atoms with Gasteiger partial charge in [0.2, 0.25) is 6.33 Å². The molecule has 1 heterocycles. The first-order valence-electron chi connectivity index (χ1n) is 4.62. The Morgan fingerprint density at radius 2 is 1.88 bits per heavy atom. The summed E-state index contributed by atoms with van der Waals surface area (Å²) >= 11 is 12.1. The average molecular weight is 334 g/mol. The van der Waals surface area contributed by atoms with Crippen LogP contribution in [0.25, 0.3) is 0 Å². The molecule has 0 radical (unpaired) electrons. The molecular formula is C9H15BrCl2N2O2. The van der Waals surface area contributed by atoms with Crippen LogP contribution in [-0.2, 0) is 22.6 Å². The lowest BCUT2D eigenvalue weighted by atomic mass is 10.6. The molecule has 16 heavy (non-hydrogen) atoms. The van der Waals surface area contributed by atoms with Gasteiger partial charge in [0.1, 0.15) is 13.1 Å². The highest BCUT2D eigenvalue weighted by Gasteiger charge is 2.19. The molecule has 0 saturated heterocycles. The third kappa shape index (κ3) is 4.22. The maximum Gasteiger partial charge on any atom is 0.255 e. The molecule has 0 atom stereocenters. The number of hydrogen-bond donors (Lipinski definition) is 0. The van der Waals surface area contributed by atoms with Gasteiger partial charge in [-0.2, -0.15) is 0 Å². The Balaban J connectivity index is 0.00000225. The van der Waals surface area contributed by atoms with Crippen molar-refractivity contribution in [3.8, 4) is 0 Å². The van der Waals surface area contributed by atoms with E-state index < -0.39 is 0 Å². The third-order valence-electron chi connectivity index (χ3n) is 2.03. The molecule has 1 aromatic rings. The SMILES string of the molecule is COCCn1c[n+](CCOC)c(Cl)c1Cl.[Br-]. The van der Waals surface area contributed by atoms with Crippen LogP contribution in [0.4, 0.5) is 0 Å². The zero-order chi connectivity index (χ0) is 11.3. The maximum atomic E-state index is 6.04. The summed E-state index contributed by atoms with van der Waals surface area (Å²) in [5.74, 6) is 0. The highest BCUT2D eigenvalue weighted by Crippen LogP contribution is 2.17. The average Bonchev–Trinajstić information content (AvgIpc) is 2.51. The van der Waals surface area contributed by atoms with Gasteiger partial charge in [0.25, 0.3) is 10.3 Å². The van der Waals surface area contributed by atoms with Crippen molar-refractivity contribution in [2.45, 2.75) is 13.1 Å². The fraction of sp³-hybridized carbons (Fsp3) is 0.667. The highest BCUT2D eigenvalue weighted by molar-refractivity contribution is 6.39. The monoisotopic (exact) mass is 332 g/mol. The second kappa shape index (κ2) is 8.31. The number of methoxy groups -OCH3 is 2. The molecule has 0 N–H and O–H groups in total. The van der Waals surface area contributed by atoms with Crippen molar-refractivity contribution in [2.75, 3.05) is 27.4 Å². The molecule has 0 aliphatic carbocycles. The number of nitrogens with zero attached hydrogens (tertiary/aromatic N) is 2. The second-order valence-corrected chi connectivity index (χ2v) is 3.79. The van der Waals surface area contributed by atoms with Crippen LogP contribution in [0.1, 0.15) is 0 Å². The Morgan fingerprint density at radius 1 is 1.25 bits per heavy atom. The molecule has 0 aromatic carbocycles. The molecule has 0 amide bonds. The number of aromatic nitrogens is 2. The van der Waals surface area contributed by atoms with Crippen molar-refractivity contribution in [1.82, 2.24) is 4.57 Å². The fourth-order valence-electron chi connectivity index (χ4n) is 1.20. The van der Waals surface area contributed by atoms with Gasteiger partial charge in [0, 0.05) is 14.2 Å². The van der Waals surface area contributed by atoms with E-state index in [0.29, 0.717) is 36.6 Å². The quantitative estimate of drug-likeness (QED) is 0.585. The van der Waals surface area contributed by atoms with Crippen LogP contribution >= 0.6 is 23.2 Å². The Morgan fingerprint density at radius 3 is 2.44 bits per heavy atom. The smallest absolute Gasteiger partial charge is 0.255 e. The van der Waals surface area contributed by atoms with Crippen molar-refractivity contribution in [2.24, 2.45) is 0 Å². The summed E-state index contributed by atoms with van der Waals surface area (Å²) in [4.78, 5) is 0. The van der Waals surface area contributed by atoms with Gasteiger partial charge < -0.3 is 26.5 Å². The van der Waals surface area contributed by atoms with Crippen molar-refractivity contribution in [3.63, 3.8) is 0 Å². The Labute approximate surface area is 116 Å². The third-order valence-corrected chi connectivity index (χ3v) is 2.91. The van der Waals surface area contributed by atoms with Crippen LogP contribution < -0.4 is 21.5 Å². The molecule has 7 heteroatoms. The van der Waals surface area contributed by atoms with Gasteiger partial charge >= 0.3 is 0 Å². The molecule has 0 saturated carbocycles. The topological polar surface area (TPSA) is 27.3 Å². The minimum Gasteiger partial charge on any atom is -1.00 e. The first kappa shape index (κ1) is 16.2. The molecule has 0 aliphatic heterocycles. The number of rotatable bonds is 6. The summed E-state index contributed by atoms with van der Waals surface area (Å²) in [5, 5.41) is 1.06. The van der Waals surface area contributed by atoms with E-state index in [-0.39, 0.29) is 17.0 Å². The van der Waals surface area contributed by atoms with Crippen LogP contribution in [0.3, 0.4) is 0 Å². The zero-order valence-corrected chi connectivity index (χ0v) is 12.3. The van der Waals surface area contributed by atoms with Gasteiger partial charge in [-0.15, -0.1) is 0 Å². The molecule has 1 aromatic heterocycles. The van der Waals surface area contributed by atoms with Crippen molar-refractivity contribution in [3.05, 3.63) is 16.6 Å². The molecule has 0 spiro atoms. The lowest BCUT2D eigenvalue weighted by molar-refractivity contribution is -0.695. The van der Waals surface area contributed by atoms with Gasteiger partial charge in [0.05, 0.1) is 13.2 Å². The fourth-order valence-corrected chi connectivity index (χ4v) is 1.67. The van der Waals surface area contributed by atoms with E-state index in [0.717, 1.165) is 0 Å². The Kier molecular flexibility index (Phi) is 8.40. The van der Waals surface area contributed by atoms with Gasteiger partial charge in [-0.3, -0.25) is 0 Å². The van der Waals surface area contributed by atoms with Crippen molar-refractivity contribution < 1.29 is 31.0 Å². The van der Waals surface area contributed by atoms with Crippen molar-refractivity contribution >= 4 is 23.2 Å². The molecule has 1 rings (SSSR count). The molecule has 0 bridgehead atoms. The summed E-state index contributed by atoms with van der Waals surface area (Å²) < 4.78 is 13.6. The van der Waals surface area contributed by atoms with Gasteiger partial charge in [-0.05, 0) is 23.2 Å². The molecule has 94 valence electrons. The zero-order valence-electron chi connectivity index (χ0n) is 9.25. The van der Waals surface area contributed by atoms with Crippen molar-refractivity contribution in [1.29, 1.82) is 0 Å². The van der Waals surface area contributed by atoms with Gasteiger partial charge in [-0.1, -0.05) is 0 Å². The van der Waals surface area contributed by atoms with E-state index >= 15 is 0 Å². The first-order chi connectivity index (χ1) is 7.20. The summed E-state index contributed by atoms with van der Waals surface area (Å²) in [6, 6.07) is 0. The normalized spacial score (nSPS) is 10.2. The maximum absolute atomic E-state index is 6.04. The molecular weight excluding hydrogens is 319 g/mol. The van der Waals surface area contributed by atoms with E-state index in [9.17, 15) is 0 Å². The second-order valence-electron chi connectivity index (χ2n) is 3.07. The highest BCUT2D eigenvalue weighted by atomic mass is 79.9. The lowest BCUT2D eigenvalue weighted by Crippen LogP contribution is -3.00. The summed E-state index contributed by atoms with van der Waals surface area (Å²) in [6.45, 7) is 2.59. The van der Waals surface area contributed by atoms with Crippen LogP contribution in [0.2, 0.25) is 10.3 Å². The number of imidazole rings is 1. The van der Waals surface area contributed by atoms with Crippen LogP contribution in [0.15, 0.2) is 6.33 Å². The standard InChI is InChI=1S/C9H15Cl2N2O2.BrH/c1-14-5-3-12-7-13(4-6-15-2)9(11)8(12)10;/h7H,3-6H2,1-2H3;1H/q+1;/p-1. The Bertz CT molecular complexity index is 292. The van der Waals surface area contributed by atoms with Gasteiger partial charge in [-0.25, -0.2) is 9.13 Å². The predicted octanol–water partition coefficient (Wildman–Crippen LogP) is -1.62. The van der Waals surface area contributed by atoms with Crippen LogP contribution in [0, 0.1) is 0 Å². The van der Waals surface area contributed by atoms with E-state index in [1.165, 1.54) is 0 Å². The minimum atomic E-state index is 0. The van der Waals surface area contributed by atoms with Crippen LogP contribution in [-0.4, -0.2) is 32.0 Å². The largest absolute Gasteiger partial charge is 1.00 e. The number of hydrogen-bond acceptors (Lipinski definition) is 2. The molecule has 4 nitrogen and oxygen atoms in total. The molecule has 0 aliphatic rings. The summed E-state index contributed by atoms with van der Waals surface area (Å²) in [5.41, 5.74) is 0. The Hall–Kier alpha value is 0.190. The minimum absolute atomic E-state index is 0. The number of halogens is 3. The van der Waals surface area contributed by atoms with E-state index in [1.54, 1.807) is 14.2 Å². The molecule has 0 unspecified atom stereocenters.